The Morgan fingerprint density at radius 3 is 1.68 bits per heavy atom. The highest BCUT2D eigenvalue weighted by Gasteiger charge is 1.99. The van der Waals surface area contributed by atoms with Crippen LogP contribution in [0.3, 0.4) is 0 Å². The summed E-state index contributed by atoms with van der Waals surface area (Å²) in [7, 11) is 1.66. The first-order valence-corrected chi connectivity index (χ1v) is 10.8. The summed E-state index contributed by atoms with van der Waals surface area (Å²) in [6.07, 6.45) is 19.1. The van der Waals surface area contributed by atoms with Gasteiger partial charge in [-0.1, -0.05) is 90.4 Å². The lowest BCUT2D eigenvalue weighted by atomic mass is 10.0. The van der Waals surface area contributed by atoms with Gasteiger partial charge in [0.25, 0.3) is 0 Å². The Hall–Kier alpha value is -0.610. The quantitative estimate of drug-likeness (QED) is 0.307. The summed E-state index contributed by atoms with van der Waals surface area (Å²) in [5, 5.41) is 6.01. The fourth-order valence-electron chi connectivity index (χ4n) is 2.99. The first-order chi connectivity index (χ1) is 12.3. The third-order valence-corrected chi connectivity index (χ3v) is 4.62. The van der Waals surface area contributed by atoms with Crippen molar-refractivity contribution in [2.24, 2.45) is 0 Å². The molecule has 0 aromatic carbocycles. The van der Waals surface area contributed by atoms with Crippen LogP contribution in [0.2, 0.25) is 0 Å². The molecule has 4 heteroatoms. The number of carbonyl (C=O) groups excluding carboxylic acids is 1. The van der Waals surface area contributed by atoms with Crippen molar-refractivity contribution in [1.82, 2.24) is 10.6 Å². The Labute approximate surface area is 156 Å². The minimum atomic E-state index is 0.0887. The predicted octanol–water partition coefficient (Wildman–Crippen LogP) is 4.82. The molecule has 0 bridgehead atoms. The van der Waals surface area contributed by atoms with Crippen LogP contribution in [0, 0.1) is 0 Å². The zero-order chi connectivity index (χ0) is 18.4. The first kappa shape index (κ1) is 24.4. The fraction of sp³-hybridized carbons (Fsp3) is 0.952. The SMILES string of the molecule is CCCCCCCCCCCCCCCCNC(=O)CNCCOC. The third kappa shape index (κ3) is 21.3. The van der Waals surface area contributed by atoms with E-state index in [4.69, 9.17) is 4.74 Å². The number of methoxy groups -OCH3 is 1. The van der Waals surface area contributed by atoms with Gasteiger partial charge in [0.15, 0.2) is 0 Å². The van der Waals surface area contributed by atoms with Gasteiger partial charge >= 0.3 is 0 Å². The molecule has 0 aliphatic carbocycles. The second-order valence-electron chi connectivity index (χ2n) is 7.12. The van der Waals surface area contributed by atoms with Gasteiger partial charge in [-0.05, 0) is 6.42 Å². The largest absolute Gasteiger partial charge is 0.383 e. The van der Waals surface area contributed by atoms with E-state index in [1.165, 1.54) is 83.5 Å². The summed E-state index contributed by atoms with van der Waals surface area (Å²) >= 11 is 0. The maximum absolute atomic E-state index is 11.5. The van der Waals surface area contributed by atoms with E-state index < -0.39 is 0 Å². The van der Waals surface area contributed by atoms with E-state index in [1.54, 1.807) is 7.11 Å². The van der Waals surface area contributed by atoms with Gasteiger partial charge in [-0.3, -0.25) is 4.79 Å². The summed E-state index contributed by atoms with van der Waals surface area (Å²) in [5.41, 5.74) is 0. The van der Waals surface area contributed by atoms with Gasteiger partial charge in [-0.2, -0.15) is 0 Å². The minimum absolute atomic E-state index is 0.0887. The van der Waals surface area contributed by atoms with Crippen molar-refractivity contribution in [3.63, 3.8) is 0 Å². The molecule has 25 heavy (non-hydrogen) atoms. The van der Waals surface area contributed by atoms with Crippen molar-refractivity contribution in [2.45, 2.75) is 96.8 Å². The van der Waals surface area contributed by atoms with Crippen molar-refractivity contribution in [3.8, 4) is 0 Å². The monoisotopic (exact) mass is 356 g/mol. The number of unbranched alkanes of at least 4 members (excludes halogenated alkanes) is 13. The lowest BCUT2D eigenvalue weighted by Gasteiger charge is -2.06. The molecule has 1 amide bonds. The maximum Gasteiger partial charge on any atom is 0.233 e. The lowest BCUT2D eigenvalue weighted by Crippen LogP contribution is -2.35. The van der Waals surface area contributed by atoms with E-state index in [-0.39, 0.29) is 5.91 Å². The van der Waals surface area contributed by atoms with Gasteiger partial charge in [0.05, 0.1) is 13.2 Å². The highest BCUT2D eigenvalue weighted by atomic mass is 16.5. The zero-order valence-electron chi connectivity index (χ0n) is 17.0. The Bertz CT molecular complexity index is 273. The summed E-state index contributed by atoms with van der Waals surface area (Å²) in [6.45, 7) is 4.85. The molecule has 0 unspecified atom stereocenters. The lowest BCUT2D eigenvalue weighted by molar-refractivity contribution is -0.120. The Kier molecular flexibility index (Phi) is 20.9. The molecule has 0 radical (unpaired) electrons. The van der Waals surface area contributed by atoms with Crippen molar-refractivity contribution in [2.75, 3.05) is 33.4 Å². The normalized spacial score (nSPS) is 11.0. The topological polar surface area (TPSA) is 50.4 Å². The van der Waals surface area contributed by atoms with E-state index in [0.717, 1.165) is 19.5 Å². The maximum atomic E-state index is 11.5. The molecule has 0 rings (SSSR count). The minimum Gasteiger partial charge on any atom is -0.383 e. The average molecular weight is 357 g/mol. The van der Waals surface area contributed by atoms with E-state index in [1.807, 2.05) is 0 Å². The van der Waals surface area contributed by atoms with E-state index >= 15 is 0 Å². The molecule has 0 aromatic heterocycles. The van der Waals surface area contributed by atoms with Crippen LogP contribution in [-0.2, 0) is 9.53 Å². The van der Waals surface area contributed by atoms with Gasteiger partial charge in [0.1, 0.15) is 0 Å². The molecule has 0 atom stereocenters. The van der Waals surface area contributed by atoms with Crippen LogP contribution in [0.5, 0.6) is 0 Å². The van der Waals surface area contributed by atoms with E-state index in [9.17, 15) is 4.79 Å². The molecule has 4 nitrogen and oxygen atoms in total. The van der Waals surface area contributed by atoms with Crippen LogP contribution >= 0.6 is 0 Å². The highest BCUT2D eigenvalue weighted by molar-refractivity contribution is 5.77. The molecular formula is C21H44N2O2. The second-order valence-corrected chi connectivity index (χ2v) is 7.12. The molecule has 150 valence electrons. The van der Waals surface area contributed by atoms with Crippen molar-refractivity contribution < 1.29 is 9.53 Å². The van der Waals surface area contributed by atoms with Crippen LogP contribution < -0.4 is 10.6 Å². The number of amides is 1. The molecule has 0 fully saturated rings. The Balaban J connectivity index is 3.08. The number of rotatable bonds is 20. The van der Waals surface area contributed by atoms with Gasteiger partial charge in [-0.15, -0.1) is 0 Å². The first-order valence-electron chi connectivity index (χ1n) is 10.8. The number of hydrogen-bond acceptors (Lipinski definition) is 3. The molecule has 0 saturated carbocycles. The van der Waals surface area contributed by atoms with Gasteiger partial charge in [0, 0.05) is 20.2 Å². The van der Waals surface area contributed by atoms with Crippen molar-refractivity contribution >= 4 is 5.91 Å². The van der Waals surface area contributed by atoms with E-state index in [0.29, 0.717) is 13.2 Å². The Morgan fingerprint density at radius 1 is 0.720 bits per heavy atom. The molecule has 0 spiro atoms. The molecule has 0 saturated heterocycles. The number of carbonyl (C=O) groups is 1. The highest BCUT2D eigenvalue weighted by Crippen LogP contribution is 2.12. The van der Waals surface area contributed by atoms with Gasteiger partial charge < -0.3 is 15.4 Å². The molecule has 0 aliphatic rings. The zero-order valence-corrected chi connectivity index (χ0v) is 17.0. The van der Waals surface area contributed by atoms with Crippen molar-refractivity contribution in [1.29, 1.82) is 0 Å². The fourth-order valence-corrected chi connectivity index (χ4v) is 2.99. The van der Waals surface area contributed by atoms with Crippen LogP contribution in [0.4, 0.5) is 0 Å². The predicted molar refractivity (Wildman–Crippen MR) is 108 cm³/mol. The summed E-state index contributed by atoms with van der Waals surface area (Å²) in [6, 6.07) is 0. The van der Waals surface area contributed by atoms with Crippen molar-refractivity contribution in [3.05, 3.63) is 0 Å². The van der Waals surface area contributed by atoms with Gasteiger partial charge in [0.2, 0.25) is 5.91 Å². The third-order valence-electron chi connectivity index (χ3n) is 4.62. The van der Waals surface area contributed by atoms with Crippen LogP contribution in [0.25, 0.3) is 0 Å². The number of nitrogens with one attached hydrogen (secondary N) is 2. The van der Waals surface area contributed by atoms with Crippen LogP contribution in [-0.4, -0.2) is 39.3 Å². The number of hydrogen-bond donors (Lipinski definition) is 2. The van der Waals surface area contributed by atoms with Crippen LogP contribution in [0.15, 0.2) is 0 Å². The summed E-state index contributed by atoms with van der Waals surface area (Å²) < 4.78 is 4.92. The Morgan fingerprint density at radius 2 is 1.20 bits per heavy atom. The average Bonchev–Trinajstić information content (AvgIpc) is 2.62. The second kappa shape index (κ2) is 21.4. The standard InChI is InChI=1S/C21H44N2O2/c1-3-4-5-6-7-8-9-10-11-12-13-14-15-16-17-23-21(24)20-22-18-19-25-2/h22H,3-20H2,1-2H3,(H,23,24). The van der Waals surface area contributed by atoms with Crippen LogP contribution in [0.1, 0.15) is 96.8 Å². The molecular weight excluding hydrogens is 312 g/mol. The summed E-state index contributed by atoms with van der Waals surface area (Å²) in [4.78, 5) is 11.5. The van der Waals surface area contributed by atoms with Gasteiger partial charge in [-0.25, -0.2) is 0 Å². The van der Waals surface area contributed by atoms with E-state index in [2.05, 4.69) is 17.6 Å². The summed E-state index contributed by atoms with van der Waals surface area (Å²) in [5.74, 6) is 0.0887. The molecule has 0 aromatic rings. The smallest absolute Gasteiger partial charge is 0.233 e. The number of ether oxygens (including phenoxy) is 1. The molecule has 0 heterocycles. The molecule has 2 N–H and O–H groups in total. The molecule has 0 aliphatic heterocycles.